The molecule has 1 aliphatic rings. The predicted molar refractivity (Wildman–Crippen MR) is 96.1 cm³/mol. The number of anilines is 1. The SMILES string of the molecule is N#Cc1cccc(NC(=O)N(CCCO)C2CCc3ccccc32)c1. The van der Waals surface area contributed by atoms with E-state index in [1.807, 2.05) is 12.1 Å². The maximum Gasteiger partial charge on any atom is 0.322 e. The molecule has 0 heterocycles. The van der Waals surface area contributed by atoms with Crippen molar-refractivity contribution >= 4 is 11.7 Å². The summed E-state index contributed by atoms with van der Waals surface area (Å²) in [5.41, 5.74) is 3.57. The Bertz CT molecular complexity index is 798. The van der Waals surface area contributed by atoms with Gasteiger partial charge in [0.25, 0.3) is 0 Å². The zero-order valence-corrected chi connectivity index (χ0v) is 14.0. The molecule has 2 aromatic rings. The van der Waals surface area contributed by atoms with Crippen LogP contribution in [0.1, 0.15) is 35.6 Å². The first-order valence-corrected chi connectivity index (χ1v) is 8.49. The van der Waals surface area contributed by atoms with Crippen LogP contribution in [-0.2, 0) is 6.42 Å². The Balaban J connectivity index is 1.81. The molecule has 5 heteroatoms. The van der Waals surface area contributed by atoms with Gasteiger partial charge in [0.1, 0.15) is 0 Å². The van der Waals surface area contributed by atoms with Crippen molar-refractivity contribution in [3.8, 4) is 6.07 Å². The van der Waals surface area contributed by atoms with Crippen molar-refractivity contribution in [2.45, 2.75) is 25.3 Å². The van der Waals surface area contributed by atoms with Crippen LogP contribution in [0, 0.1) is 11.3 Å². The molecule has 0 aliphatic heterocycles. The number of fused-ring (bicyclic) bond motifs is 1. The second kappa shape index (κ2) is 7.82. The van der Waals surface area contributed by atoms with E-state index in [9.17, 15) is 9.90 Å². The van der Waals surface area contributed by atoms with Gasteiger partial charge in [-0.3, -0.25) is 0 Å². The lowest BCUT2D eigenvalue weighted by molar-refractivity contribution is 0.177. The molecular formula is C20H21N3O2. The van der Waals surface area contributed by atoms with Crippen molar-refractivity contribution in [3.05, 3.63) is 65.2 Å². The summed E-state index contributed by atoms with van der Waals surface area (Å²) >= 11 is 0. The molecule has 0 bridgehead atoms. The van der Waals surface area contributed by atoms with E-state index in [1.54, 1.807) is 29.2 Å². The van der Waals surface area contributed by atoms with E-state index in [2.05, 4.69) is 23.5 Å². The Labute approximate surface area is 147 Å². The predicted octanol–water partition coefficient (Wildman–Crippen LogP) is 3.46. The van der Waals surface area contributed by atoms with Crippen molar-refractivity contribution < 1.29 is 9.90 Å². The second-order valence-electron chi connectivity index (χ2n) is 6.15. The molecule has 25 heavy (non-hydrogen) atoms. The molecule has 5 nitrogen and oxygen atoms in total. The number of hydrogen-bond donors (Lipinski definition) is 2. The van der Waals surface area contributed by atoms with Crippen LogP contribution in [0.15, 0.2) is 48.5 Å². The van der Waals surface area contributed by atoms with Gasteiger partial charge in [0, 0.05) is 18.8 Å². The number of nitriles is 1. The number of nitrogens with zero attached hydrogens (tertiary/aromatic N) is 2. The molecular weight excluding hydrogens is 314 g/mol. The van der Waals surface area contributed by atoms with Crippen molar-refractivity contribution in [2.24, 2.45) is 0 Å². The standard InChI is InChI=1S/C20H21N3O2/c21-14-15-5-3-7-17(13-15)22-20(25)23(11-4-12-24)19-10-9-16-6-1-2-8-18(16)19/h1-3,5-8,13,19,24H,4,9-12H2,(H,22,25). The fourth-order valence-electron chi connectivity index (χ4n) is 3.36. The van der Waals surface area contributed by atoms with Gasteiger partial charge in [-0.1, -0.05) is 30.3 Å². The van der Waals surface area contributed by atoms with Gasteiger partial charge in [-0.05, 0) is 48.6 Å². The smallest absolute Gasteiger partial charge is 0.322 e. The van der Waals surface area contributed by atoms with Crippen LogP contribution in [0.25, 0.3) is 0 Å². The zero-order valence-electron chi connectivity index (χ0n) is 14.0. The van der Waals surface area contributed by atoms with E-state index >= 15 is 0 Å². The van der Waals surface area contributed by atoms with Crippen LogP contribution in [-0.4, -0.2) is 29.2 Å². The highest BCUT2D eigenvalue weighted by molar-refractivity contribution is 5.90. The third-order valence-corrected chi connectivity index (χ3v) is 4.54. The average molecular weight is 335 g/mol. The van der Waals surface area contributed by atoms with E-state index in [0.29, 0.717) is 24.2 Å². The molecule has 1 unspecified atom stereocenters. The highest BCUT2D eigenvalue weighted by Crippen LogP contribution is 2.36. The number of urea groups is 1. The molecule has 0 fully saturated rings. The molecule has 2 aromatic carbocycles. The number of carbonyl (C=O) groups is 1. The quantitative estimate of drug-likeness (QED) is 0.878. The van der Waals surface area contributed by atoms with Crippen LogP contribution < -0.4 is 5.32 Å². The fraction of sp³-hybridized carbons (Fsp3) is 0.300. The van der Waals surface area contributed by atoms with E-state index in [4.69, 9.17) is 5.26 Å². The molecule has 0 spiro atoms. The number of rotatable bonds is 5. The van der Waals surface area contributed by atoms with Crippen LogP contribution in [0.4, 0.5) is 10.5 Å². The Morgan fingerprint density at radius 3 is 2.92 bits per heavy atom. The average Bonchev–Trinajstić information content (AvgIpc) is 3.06. The minimum absolute atomic E-state index is 0.0156. The monoisotopic (exact) mass is 335 g/mol. The van der Waals surface area contributed by atoms with Crippen LogP contribution in [0.3, 0.4) is 0 Å². The van der Waals surface area contributed by atoms with Crippen molar-refractivity contribution in [1.82, 2.24) is 4.90 Å². The molecule has 0 radical (unpaired) electrons. The normalized spacial score (nSPS) is 15.3. The van der Waals surface area contributed by atoms with Crippen molar-refractivity contribution in [1.29, 1.82) is 5.26 Å². The number of amides is 2. The number of nitrogens with one attached hydrogen (secondary N) is 1. The topological polar surface area (TPSA) is 76.4 Å². The number of aryl methyl sites for hydroxylation is 1. The summed E-state index contributed by atoms with van der Waals surface area (Å²) in [6.45, 7) is 0.529. The first-order valence-electron chi connectivity index (χ1n) is 8.49. The number of carbonyl (C=O) groups excluding carboxylic acids is 1. The highest BCUT2D eigenvalue weighted by atomic mass is 16.3. The van der Waals surface area contributed by atoms with E-state index in [1.165, 1.54) is 11.1 Å². The fourth-order valence-corrected chi connectivity index (χ4v) is 3.36. The van der Waals surface area contributed by atoms with Gasteiger partial charge in [0.05, 0.1) is 17.7 Å². The van der Waals surface area contributed by atoms with E-state index in [0.717, 1.165) is 12.8 Å². The number of benzene rings is 2. The van der Waals surface area contributed by atoms with Crippen molar-refractivity contribution in [3.63, 3.8) is 0 Å². The Hall–Kier alpha value is -2.84. The van der Waals surface area contributed by atoms with Gasteiger partial charge < -0.3 is 15.3 Å². The molecule has 0 aromatic heterocycles. The number of aliphatic hydroxyl groups is 1. The van der Waals surface area contributed by atoms with Gasteiger partial charge in [0.2, 0.25) is 0 Å². The summed E-state index contributed by atoms with van der Waals surface area (Å²) < 4.78 is 0. The Kier molecular flexibility index (Phi) is 5.32. The molecule has 2 amide bonds. The lowest BCUT2D eigenvalue weighted by Gasteiger charge is -2.30. The van der Waals surface area contributed by atoms with Crippen LogP contribution >= 0.6 is 0 Å². The molecule has 128 valence electrons. The van der Waals surface area contributed by atoms with Gasteiger partial charge in [-0.15, -0.1) is 0 Å². The van der Waals surface area contributed by atoms with Gasteiger partial charge >= 0.3 is 6.03 Å². The Morgan fingerprint density at radius 1 is 1.28 bits per heavy atom. The van der Waals surface area contributed by atoms with Gasteiger partial charge in [0.15, 0.2) is 0 Å². The summed E-state index contributed by atoms with van der Waals surface area (Å²) in [5.74, 6) is 0. The molecule has 1 atom stereocenters. The summed E-state index contributed by atoms with van der Waals surface area (Å²) in [7, 11) is 0. The first-order chi connectivity index (χ1) is 12.2. The summed E-state index contributed by atoms with van der Waals surface area (Å²) in [5, 5.41) is 21.1. The molecule has 0 saturated carbocycles. The second-order valence-corrected chi connectivity index (χ2v) is 6.15. The van der Waals surface area contributed by atoms with Crippen molar-refractivity contribution in [2.75, 3.05) is 18.5 Å². The number of hydrogen-bond acceptors (Lipinski definition) is 3. The van der Waals surface area contributed by atoms with Gasteiger partial charge in [-0.25, -0.2) is 4.79 Å². The van der Waals surface area contributed by atoms with Crippen LogP contribution in [0.5, 0.6) is 0 Å². The minimum Gasteiger partial charge on any atom is -0.396 e. The van der Waals surface area contributed by atoms with E-state index in [-0.39, 0.29) is 18.7 Å². The molecule has 2 N–H and O–H groups in total. The third-order valence-electron chi connectivity index (χ3n) is 4.54. The largest absolute Gasteiger partial charge is 0.396 e. The summed E-state index contributed by atoms with van der Waals surface area (Å²) in [6, 6.07) is 17.0. The number of aliphatic hydroxyl groups excluding tert-OH is 1. The maximum atomic E-state index is 12.9. The summed E-state index contributed by atoms with van der Waals surface area (Å²) in [4.78, 5) is 14.7. The third kappa shape index (κ3) is 3.81. The molecule has 1 aliphatic carbocycles. The maximum absolute atomic E-state index is 12.9. The molecule has 0 saturated heterocycles. The van der Waals surface area contributed by atoms with E-state index < -0.39 is 0 Å². The zero-order chi connectivity index (χ0) is 17.6. The highest BCUT2D eigenvalue weighted by Gasteiger charge is 2.30. The summed E-state index contributed by atoms with van der Waals surface area (Å²) in [6.07, 6.45) is 2.37. The van der Waals surface area contributed by atoms with Crippen LogP contribution in [0.2, 0.25) is 0 Å². The Morgan fingerprint density at radius 2 is 2.12 bits per heavy atom. The first kappa shape index (κ1) is 17.0. The lowest BCUT2D eigenvalue weighted by Crippen LogP contribution is -2.38. The minimum atomic E-state index is -0.203. The molecule has 3 rings (SSSR count). The lowest BCUT2D eigenvalue weighted by atomic mass is 10.1. The van der Waals surface area contributed by atoms with Gasteiger partial charge in [-0.2, -0.15) is 5.26 Å².